The van der Waals surface area contributed by atoms with E-state index in [2.05, 4.69) is 15.9 Å². The van der Waals surface area contributed by atoms with Gasteiger partial charge in [0.2, 0.25) is 0 Å². The van der Waals surface area contributed by atoms with E-state index in [9.17, 15) is 14.7 Å². The topological polar surface area (TPSA) is 76.1 Å². The number of benzene rings is 2. The van der Waals surface area contributed by atoms with Crippen LogP contribution in [0.3, 0.4) is 0 Å². The van der Waals surface area contributed by atoms with E-state index >= 15 is 0 Å². The first-order valence-electron chi connectivity index (χ1n) is 8.55. The van der Waals surface area contributed by atoms with Gasteiger partial charge in [-0.3, -0.25) is 14.5 Å². The summed E-state index contributed by atoms with van der Waals surface area (Å²) in [6, 6.07) is 9.73. The molecule has 28 heavy (non-hydrogen) atoms. The molecule has 0 radical (unpaired) electrons. The molecule has 0 bridgehead atoms. The van der Waals surface area contributed by atoms with E-state index in [1.54, 1.807) is 30.3 Å². The Labute approximate surface area is 171 Å². The van der Waals surface area contributed by atoms with Crippen molar-refractivity contribution in [1.29, 1.82) is 0 Å². The van der Waals surface area contributed by atoms with Crippen molar-refractivity contribution in [3.05, 3.63) is 63.3 Å². The quantitative estimate of drug-likeness (QED) is 0.743. The number of hydrogen-bond donors (Lipinski definition) is 1. The molecule has 2 aromatic rings. The molecule has 146 valence electrons. The zero-order valence-corrected chi connectivity index (χ0v) is 17.5. The Balaban J connectivity index is 2.24. The van der Waals surface area contributed by atoms with Crippen molar-refractivity contribution in [2.24, 2.45) is 0 Å². The number of ketones is 1. The van der Waals surface area contributed by atoms with Gasteiger partial charge in [-0.1, -0.05) is 22.0 Å². The minimum Gasteiger partial charge on any atom is -0.503 e. The third-order valence-corrected chi connectivity index (χ3v) is 5.61. The van der Waals surface area contributed by atoms with Crippen LogP contribution in [0.15, 0.2) is 52.2 Å². The zero-order valence-electron chi connectivity index (χ0n) is 15.9. The molecule has 1 aliphatic rings. The maximum absolute atomic E-state index is 12.9. The van der Waals surface area contributed by atoms with Gasteiger partial charge in [0.1, 0.15) is 11.5 Å². The van der Waals surface area contributed by atoms with Crippen LogP contribution in [0.4, 0.5) is 5.69 Å². The predicted octanol–water partition coefficient (Wildman–Crippen LogP) is 4.26. The number of amides is 1. The number of aliphatic hydroxyl groups excluding tert-OH is 1. The molecule has 0 fully saturated rings. The average molecular weight is 446 g/mol. The Morgan fingerprint density at radius 1 is 1.14 bits per heavy atom. The number of nitrogens with zero attached hydrogens (tertiary/aromatic N) is 1. The number of rotatable bonds is 5. The van der Waals surface area contributed by atoms with Crippen LogP contribution in [0.25, 0.3) is 0 Å². The van der Waals surface area contributed by atoms with Gasteiger partial charge in [-0.25, -0.2) is 0 Å². The lowest BCUT2D eigenvalue weighted by atomic mass is 9.95. The first-order valence-corrected chi connectivity index (χ1v) is 9.35. The number of methoxy groups -OCH3 is 2. The number of hydrogen-bond acceptors (Lipinski definition) is 5. The highest BCUT2D eigenvalue weighted by Gasteiger charge is 2.44. The third kappa shape index (κ3) is 3.26. The Bertz CT molecular complexity index is 998. The van der Waals surface area contributed by atoms with Gasteiger partial charge in [-0.2, -0.15) is 0 Å². The molecule has 1 atom stereocenters. The average Bonchev–Trinajstić information content (AvgIpc) is 2.94. The molecule has 0 saturated heterocycles. The van der Waals surface area contributed by atoms with Gasteiger partial charge in [0.25, 0.3) is 5.91 Å². The molecule has 1 heterocycles. The van der Waals surface area contributed by atoms with E-state index < -0.39 is 17.7 Å². The van der Waals surface area contributed by atoms with Crippen molar-refractivity contribution in [3.8, 4) is 11.5 Å². The summed E-state index contributed by atoms with van der Waals surface area (Å²) in [6.45, 7) is 3.26. The lowest BCUT2D eigenvalue weighted by Crippen LogP contribution is -2.31. The molecule has 6 nitrogen and oxygen atoms in total. The zero-order chi connectivity index (χ0) is 20.6. The van der Waals surface area contributed by atoms with Crippen LogP contribution in [0.5, 0.6) is 11.5 Å². The fraction of sp³-hybridized carbons (Fsp3) is 0.238. The molecule has 1 aliphatic heterocycles. The summed E-state index contributed by atoms with van der Waals surface area (Å²) >= 11 is 3.47. The monoisotopic (exact) mass is 445 g/mol. The van der Waals surface area contributed by atoms with Crippen LogP contribution in [0, 0.1) is 6.92 Å². The number of aryl methyl sites for hydroxylation is 1. The van der Waals surface area contributed by atoms with Crippen LogP contribution < -0.4 is 14.4 Å². The van der Waals surface area contributed by atoms with E-state index in [0.717, 1.165) is 10.0 Å². The highest BCUT2D eigenvalue weighted by molar-refractivity contribution is 9.10. The van der Waals surface area contributed by atoms with Crippen LogP contribution in [0.1, 0.15) is 24.1 Å². The molecule has 0 spiro atoms. The second-order valence-corrected chi connectivity index (χ2v) is 7.29. The summed E-state index contributed by atoms with van der Waals surface area (Å²) in [5, 5.41) is 10.5. The fourth-order valence-corrected chi connectivity index (χ4v) is 3.67. The molecule has 1 amide bonds. The minimum absolute atomic E-state index is 0.0326. The summed E-state index contributed by atoms with van der Waals surface area (Å²) < 4.78 is 11.5. The molecule has 0 aromatic heterocycles. The third-order valence-electron chi connectivity index (χ3n) is 4.76. The molecule has 0 unspecified atom stereocenters. The lowest BCUT2D eigenvalue weighted by molar-refractivity contribution is -0.117. The second-order valence-electron chi connectivity index (χ2n) is 6.44. The van der Waals surface area contributed by atoms with Crippen molar-refractivity contribution in [3.63, 3.8) is 0 Å². The minimum atomic E-state index is -0.819. The van der Waals surface area contributed by atoms with Crippen molar-refractivity contribution in [2.75, 3.05) is 19.1 Å². The smallest absolute Gasteiger partial charge is 0.294 e. The van der Waals surface area contributed by atoms with Crippen molar-refractivity contribution in [2.45, 2.75) is 19.9 Å². The Kier molecular flexibility index (Phi) is 5.47. The standard InChI is InChI=1S/C21H20BrNO5/c1-11-5-6-13(9-16(11)22)23-19(18(12(2)24)20(25)21(23)26)15-8-7-14(27-3)10-17(15)28-4/h5-10,19,25H,1-4H3/t19-/m1/s1. The maximum atomic E-state index is 12.9. The summed E-state index contributed by atoms with van der Waals surface area (Å²) in [5.74, 6) is -0.549. The molecule has 0 saturated carbocycles. The molecule has 2 aromatic carbocycles. The SMILES string of the molecule is COc1ccc([C@@H]2C(C(C)=O)=C(O)C(=O)N2c2ccc(C)c(Br)c2)c(OC)c1. The van der Waals surface area contributed by atoms with Gasteiger partial charge in [0, 0.05) is 21.8 Å². The summed E-state index contributed by atoms with van der Waals surface area (Å²) in [5.41, 5.74) is 2.15. The van der Waals surface area contributed by atoms with Crippen molar-refractivity contribution >= 4 is 33.3 Å². The van der Waals surface area contributed by atoms with E-state index in [1.807, 2.05) is 13.0 Å². The lowest BCUT2D eigenvalue weighted by Gasteiger charge is -2.28. The Hall–Kier alpha value is -2.80. The largest absolute Gasteiger partial charge is 0.503 e. The number of aliphatic hydroxyl groups is 1. The number of anilines is 1. The van der Waals surface area contributed by atoms with Gasteiger partial charge in [0.15, 0.2) is 11.5 Å². The predicted molar refractivity (Wildman–Crippen MR) is 109 cm³/mol. The molecule has 1 N–H and O–H groups in total. The maximum Gasteiger partial charge on any atom is 0.294 e. The van der Waals surface area contributed by atoms with Crippen LogP contribution in [-0.4, -0.2) is 31.0 Å². The Morgan fingerprint density at radius 3 is 2.43 bits per heavy atom. The van der Waals surface area contributed by atoms with Gasteiger partial charge in [0.05, 0.1) is 25.8 Å². The van der Waals surface area contributed by atoms with Crippen molar-refractivity contribution < 1.29 is 24.2 Å². The van der Waals surface area contributed by atoms with Gasteiger partial charge >= 0.3 is 0 Å². The second kappa shape index (κ2) is 7.67. The highest BCUT2D eigenvalue weighted by atomic mass is 79.9. The number of Topliss-reactive ketones (excluding diaryl/α,β-unsaturated/α-hetero) is 1. The van der Waals surface area contributed by atoms with Crippen LogP contribution in [0.2, 0.25) is 0 Å². The van der Waals surface area contributed by atoms with Gasteiger partial charge < -0.3 is 14.6 Å². The molecular weight excluding hydrogens is 426 g/mol. The van der Waals surface area contributed by atoms with E-state index in [0.29, 0.717) is 22.7 Å². The number of halogens is 1. The summed E-state index contributed by atoms with van der Waals surface area (Å²) in [7, 11) is 3.04. The normalized spacial score (nSPS) is 16.5. The molecule has 3 rings (SSSR count). The van der Waals surface area contributed by atoms with Crippen LogP contribution in [-0.2, 0) is 9.59 Å². The van der Waals surface area contributed by atoms with E-state index in [-0.39, 0.29) is 11.4 Å². The first-order chi connectivity index (χ1) is 13.3. The van der Waals surface area contributed by atoms with E-state index in [1.165, 1.54) is 26.0 Å². The van der Waals surface area contributed by atoms with Gasteiger partial charge in [-0.05, 0) is 43.7 Å². The van der Waals surface area contributed by atoms with Crippen molar-refractivity contribution in [1.82, 2.24) is 0 Å². The summed E-state index contributed by atoms with van der Waals surface area (Å²) in [4.78, 5) is 26.6. The number of ether oxygens (including phenoxy) is 2. The fourth-order valence-electron chi connectivity index (χ4n) is 3.30. The molecule has 7 heteroatoms. The number of carbonyl (C=O) groups is 2. The van der Waals surface area contributed by atoms with Gasteiger partial charge in [-0.15, -0.1) is 0 Å². The number of carbonyl (C=O) groups excluding carboxylic acids is 2. The van der Waals surface area contributed by atoms with E-state index in [4.69, 9.17) is 9.47 Å². The summed E-state index contributed by atoms with van der Waals surface area (Å²) in [6.07, 6.45) is 0. The highest BCUT2D eigenvalue weighted by Crippen LogP contribution is 2.45. The first kappa shape index (κ1) is 19.9. The molecule has 0 aliphatic carbocycles. The van der Waals surface area contributed by atoms with Crippen LogP contribution >= 0.6 is 15.9 Å². The Morgan fingerprint density at radius 2 is 1.86 bits per heavy atom. The molecular formula is C21H20BrNO5.